The van der Waals surface area contributed by atoms with Gasteiger partial charge in [0.1, 0.15) is 0 Å². The van der Waals surface area contributed by atoms with Crippen molar-refractivity contribution in [3.63, 3.8) is 0 Å². The molecule has 3 aromatic rings. The van der Waals surface area contributed by atoms with Crippen LogP contribution in [0, 0.1) is 0 Å². The Labute approximate surface area is 195 Å². The monoisotopic (exact) mass is 478 g/mol. The fourth-order valence-electron chi connectivity index (χ4n) is 4.81. The van der Waals surface area contributed by atoms with Gasteiger partial charge in [-0.1, -0.05) is 0 Å². The molecule has 2 fully saturated rings. The Morgan fingerprint density at radius 1 is 1.26 bits per heavy atom. The first-order chi connectivity index (χ1) is 16.1. The fourth-order valence-corrected chi connectivity index (χ4v) is 4.81. The van der Waals surface area contributed by atoms with Gasteiger partial charge in [0, 0.05) is 35.0 Å². The molecule has 0 unspecified atom stereocenters. The number of aliphatic hydroxyl groups is 1. The molecule has 0 radical (unpaired) electrons. The number of nitrogens with zero attached hydrogens (tertiary/aromatic N) is 5. The highest BCUT2D eigenvalue weighted by atomic mass is 19.4. The van der Waals surface area contributed by atoms with Crippen LogP contribution in [0.5, 0.6) is 0 Å². The van der Waals surface area contributed by atoms with E-state index in [4.69, 9.17) is 4.74 Å². The highest BCUT2D eigenvalue weighted by Gasteiger charge is 2.33. The molecule has 184 valence electrons. The molecule has 8 nitrogen and oxygen atoms in total. The van der Waals surface area contributed by atoms with E-state index in [2.05, 4.69) is 26.6 Å². The van der Waals surface area contributed by atoms with Gasteiger partial charge in [0.25, 0.3) is 0 Å². The normalized spacial score (nSPS) is 24.8. The number of fused-ring (bicyclic) bond motifs is 1. The molecule has 34 heavy (non-hydrogen) atoms. The lowest BCUT2D eigenvalue weighted by Crippen LogP contribution is -2.30. The predicted octanol–water partition coefficient (Wildman–Crippen LogP) is 4.33. The summed E-state index contributed by atoms with van der Waals surface area (Å²) < 4.78 is 47.3. The van der Waals surface area contributed by atoms with Crippen LogP contribution in [0.4, 0.5) is 19.1 Å². The smallest absolute Gasteiger partial charge is 0.390 e. The second-order valence-electron chi connectivity index (χ2n) is 9.90. The lowest BCUT2D eigenvalue weighted by atomic mass is 9.78. The second-order valence-corrected chi connectivity index (χ2v) is 9.90. The van der Waals surface area contributed by atoms with Crippen LogP contribution in [0.1, 0.15) is 63.6 Å². The largest absolute Gasteiger partial charge is 0.391 e. The lowest BCUT2D eigenvalue weighted by Gasteiger charge is -2.32. The summed E-state index contributed by atoms with van der Waals surface area (Å²) in [4.78, 5) is 4.32. The molecular formula is C23H29F3N6O2. The van der Waals surface area contributed by atoms with Gasteiger partial charge in [-0.2, -0.15) is 18.3 Å². The zero-order valence-electron chi connectivity index (χ0n) is 19.2. The summed E-state index contributed by atoms with van der Waals surface area (Å²) in [5.74, 6) is 0.324. The fraction of sp³-hybridized carbons (Fsp3) is 0.609. The van der Waals surface area contributed by atoms with Crippen molar-refractivity contribution in [2.75, 3.05) is 18.5 Å². The first-order valence-electron chi connectivity index (χ1n) is 11.6. The Kier molecular flexibility index (Phi) is 5.79. The summed E-state index contributed by atoms with van der Waals surface area (Å²) in [6, 6.07) is 1.45. The van der Waals surface area contributed by atoms with Gasteiger partial charge in [-0.3, -0.25) is 4.68 Å². The number of hydrogen-bond donors (Lipinski definition) is 2. The number of aromatic nitrogens is 5. The number of halogens is 3. The van der Waals surface area contributed by atoms with E-state index in [0.29, 0.717) is 26.1 Å². The van der Waals surface area contributed by atoms with Crippen molar-refractivity contribution in [1.82, 2.24) is 24.4 Å². The molecule has 0 spiro atoms. The van der Waals surface area contributed by atoms with E-state index in [1.54, 1.807) is 16.9 Å². The van der Waals surface area contributed by atoms with Gasteiger partial charge in [0.15, 0.2) is 0 Å². The summed E-state index contributed by atoms with van der Waals surface area (Å²) in [5, 5.41) is 22.3. The average Bonchev–Trinajstić information content (AvgIpc) is 3.30. The number of anilines is 1. The third-order valence-electron chi connectivity index (χ3n) is 6.85. The van der Waals surface area contributed by atoms with Crippen molar-refractivity contribution >= 4 is 11.5 Å². The van der Waals surface area contributed by atoms with Crippen molar-refractivity contribution in [2.24, 2.45) is 0 Å². The van der Waals surface area contributed by atoms with E-state index in [9.17, 15) is 18.3 Å². The zero-order valence-corrected chi connectivity index (χ0v) is 19.2. The molecule has 4 heterocycles. The van der Waals surface area contributed by atoms with Gasteiger partial charge in [-0.05, 0) is 45.6 Å². The molecule has 1 saturated carbocycles. The van der Waals surface area contributed by atoms with Crippen LogP contribution in [0.2, 0.25) is 0 Å². The maximum absolute atomic E-state index is 12.8. The summed E-state index contributed by atoms with van der Waals surface area (Å²) in [7, 11) is 0. The molecule has 2 aliphatic rings. The molecule has 11 heteroatoms. The van der Waals surface area contributed by atoms with Gasteiger partial charge in [0.2, 0.25) is 5.95 Å². The summed E-state index contributed by atoms with van der Waals surface area (Å²) in [5.41, 5.74) is 2.91. The summed E-state index contributed by atoms with van der Waals surface area (Å²) >= 11 is 0. The minimum Gasteiger partial charge on any atom is -0.390 e. The van der Waals surface area contributed by atoms with Crippen molar-refractivity contribution in [2.45, 2.75) is 75.7 Å². The molecule has 1 atom stereocenters. The number of alkyl halides is 3. The minimum absolute atomic E-state index is 0.151. The second kappa shape index (κ2) is 8.53. The first-order valence-corrected chi connectivity index (χ1v) is 11.6. The van der Waals surface area contributed by atoms with Crippen LogP contribution in [-0.2, 0) is 4.74 Å². The van der Waals surface area contributed by atoms with Gasteiger partial charge in [-0.25, -0.2) is 9.50 Å². The summed E-state index contributed by atoms with van der Waals surface area (Å²) in [6.07, 6.45) is 3.15. The molecule has 2 N–H and O–H groups in total. The highest BCUT2D eigenvalue weighted by molar-refractivity contribution is 5.81. The van der Waals surface area contributed by atoms with E-state index in [0.717, 1.165) is 35.2 Å². The van der Waals surface area contributed by atoms with E-state index >= 15 is 0 Å². The van der Waals surface area contributed by atoms with Crippen LogP contribution in [0.25, 0.3) is 16.6 Å². The van der Waals surface area contributed by atoms with E-state index < -0.39 is 24.2 Å². The van der Waals surface area contributed by atoms with Crippen molar-refractivity contribution in [3.05, 3.63) is 30.4 Å². The van der Waals surface area contributed by atoms with Gasteiger partial charge < -0.3 is 15.2 Å². The number of hydrogen-bond acceptors (Lipinski definition) is 6. The molecule has 1 saturated heterocycles. The van der Waals surface area contributed by atoms with Crippen molar-refractivity contribution in [1.29, 1.82) is 0 Å². The third-order valence-corrected chi connectivity index (χ3v) is 6.85. The summed E-state index contributed by atoms with van der Waals surface area (Å²) in [6.45, 7) is 4.60. The maximum Gasteiger partial charge on any atom is 0.391 e. The zero-order chi connectivity index (χ0) is 24.1. The predicted molar refractivity (Wildman–Crippen MR) is 120 cm³/mol. The van der Waals surface area contributed by atoms with Crippen LogP contribution in [0.3, 0.4) is 0 Å². The van der Waals surface area contributed by atoms with Crippen LogP contribution >= 0.6 is 0 Å². The van der Waals surface area contributed by atoms with Gasteiger partial charge in [0.05, 0.1) is 49.2 Å². The molecule has 3 aromatic heterocycles. The van der Waals surface area contributed by atoms with Crippen LogP contribution in [-0.4, -0.2) is 60.5 Å². The van der Waals surface area contributed by atoms with Crippen molar-refractivity contribution in [3.8, 4) is 11.1 Å². The Morgan fingerprint density at radius 3 is 2.65 bits per heavy atom. The Bertz CT molecular complexity index is 1160. The first kappa shape index (κ1) is 23.1. The van der Waals surface area contributed by atoms with E-state index in [1.165, 1.54) is 6.92 Å². The SMILES string of the molecule is C[C@@H](CC(F)(F)F)Nc1ncc2c(-c3cnn(C4COC4)c3)cc([C@H]3CC[C@](C)(O)CC3)n2n1. The number of nitrogens with one attached hydrogen (secondary N) is 1. The number of ether oxygens (including phenoxy) is 1. The molecular weight excluding hydrogens is 449 g/mol. The molecule has 5 rings (SSSR count). The van der Waals surface area contributed by atoms with Gasteiger partial charge >= 0.3 is 6.18 Å². The highest BCUT2D eigenvalue weighted by Crippen LogP contribution is 2.40. The quantitative estimate of drug-likeness (QED) is 0.548. The maximum atomic E-state index is 12.8. The third kappa shape index (κ3) is 4.76. The van der Waals surface area contributed by atoms with Crippen LogP contribution in [0.15, 0.2) is 24.7 Å². The molecule has 0 bridgehead atoms. The molecule has 0 amide bonds. The van der Waals surface area contributed by atoms with E-state index in [1.807, 2.05) is 17.8 Å². The molecule has 0 aromatic carbocycles. The van der Waals surface area contributed by atoms with Crippen molar-refractivity contribution < 1.29 is 23.0 Å². The molecule has 1 aliphatic carbocycles. The Balaban J connectivity index is 1.50. The Morgan fingerprint density at radius 2 is 2.00 bits per heavy atom. The lowest BCUT2D eigenvalue weighted by molar-refractivity contribution is -0.136. The van der Waals surface area contributed by atoms with E-state index in [-0.39, 0.29) is 17.9 Å². The Hall–Kier alpha value is -2.66. The minimum atomic E-state index is -4.27. The number of rotatable bonds is 6. The van der Waals surface area contributed by atoms with Gasteiger partial charge in [-0.15, -0.1) is 5.10 Å². The average molecular weight is 479 g/mol. The standard InChI is InChI=1S/C23H29F3N6O2/c1-14(8-23(24,25)26)29-21-27-10-20-18(16-9-28-31(11-16)17-12-34-13-17)7-19(32(20)30-21)15-3-5-22(2,33)6-4-15/h7,9-11,14-15,17,33H,3-6,8,12-13H2,1-2H3,(H,29,30)/t14-,15-,22-/m0/s1. The van der Waals surface area contributed by atoms with Crippen LogP contribution < -0.4 is 5.32 Å². The topological polar surface area (TPSA) is 89.5 Å². The molecule has 1 aliphatic heterocycles.